The maximum Gasteiger partial charge on any atom is 0.355 e. The number of carboxylic acids is 1. The third kappa shape index (κ3) is 6.10. The van der Waals surface area contributed by atoms with E-state index in [4.69, 9.17) is 5.11 Å². The quantitative estimate of drug-likeness (QED) is 0.389. The first-order chi connectivity index (χ1) is 11.2. The van der Waals surface area contributed by atoms with Crippen LogP contribution in [0.25, 0.3) is 0 Å². The van der Waals surface area contributed by atoms with Crippen LogP contribution in [0.1, 0.15) is 27.9 Å². The number of aromatic amines is 4. The first-order valence-electron chi connectivity index (χ1n) is 6.30. The van der Waals surface area contributed by atoms with E-state index in [1.54, 1.807) is 6.92 Å². The monoisotopic (exact) mass is 372 g/mol. The number of aromatic nitrogens is 4. The van der Waals surface area contributed by atoms with Gasteiger partial charge in [0.15, 0.2) is 9.54 Å². The van der Waals surface area contributed by atoms with Gasteiger partial charge < -0.3 is 19.8 Å². The number of esters is 1. The van der Waals surface area contributed by atoms with Crippen LogP contribution in [0.15, 0.2) is 21.7 Å². The van der Waals surface area contributed by atoms with Gasteiger partial charge in [-0.15, -0.1) is 0 Å². The Morgan fingerprint density at radius 2 is 1.46 bits per heavy atom. The van der Waals surface area contributed by atoms with Crippen LogP contribution < -0.4 is 11.1 Å². The Labute approximate surface area is 143 Å². The van der Waals surface area contributed by atoms with E-state index in [0.717, 1.165) is 12.1 Å². The molecule has 128 valence electrons. The highest BCUT2D eigenvalue weighted by atomic mass is 32.1. The van der Waals surface area contributed by atoms with Crippen LogP contribution in [0.5, 0.6) is 0 Å². The van der Waals surface area contributed by atoms with E-state index in [-0.39, 0.29) is 27.5 Å². The topological polar surface area (TPSA) is 161 Å². The Bertz CT molecular complexity index is 914. The van der Waals surface area contributed by atoms with E-state index in [0.29, 0.717) is 0 Å². The van der Waals surface area contributed by atoms with Gasteiger partial charge in [-0.2, -0.15) is 0 Å². The maximum atomic E-state index is 11.1. The highest BCUT2D eigenvalue weighted by molar-refractivity contribution is 7.71. The summed E-state index contributed by atoms with van der Waals surface area (Å²) in [7, 11) is 0. The van der Waals surface area contributed by atoms with E-state index < -0.39 is 23.1 Å². The van der Waals surface area contributed by atoms with Crippen molar-refractivity contribution in [1.82, 2.24) is 19.9 Å². The van der Waals surface area contributed by atoms with Crippen LogP contribution in [0.4, 0.5) is 0 Å². The number of rotatable bonds is 3. The standard InChI is InChI=1S/C7H8N2O3S.C5H4N2O3S/c1-2-12-6(11)4-3-5(10)9-7(13)8-4;8-3-1-2(4(9)10)6-5(11)7-3/h3H,2H2,1H3,(H2,8,9,10,13);1H,(H,9,10)(H2,6,7,8,11). The molecule has 2 aromatic heterocycles. The Morgan fingerprint density at radius 3 is 1.88 bits per heavy atom. The minimum Gasteiger partial charge on any atom is -0.477 e. The molecule has 0 radical (unpaired) electrons. The largest absolute Gasteiger partial charge is 0.477 e. The number of nitrogens with one attached hydrogen (secondary N) is 4. The summed E-state index contributed by atoms with van der Waals surface area (Å²) in [4.78, 5) is 52.2. The molecule has 0 amide bonds. The van der Waals surface area contributed by atoms with Crippen molar-refractivity contribution in [1.29, 1.82) is 0 Å². The summed E-state index contributed by atoms with van der Waals surface area (Å²) in [5.74, 6) is -1.79. The smallest absolute Gasteiger partial charge is 0.355 e. The summed E-state index contributed by atoms with van der Waals surface area (Å²) in [5, 5.41) is 8.40. The molecule has 0 aromatic carbocycles. The second-order valence-corrected chi connectivity index (χ2v) is 4.84. The zero-order valence-corrected chi connectivity index (χ0v) is 13.8. The fourth-order valence-corrected chi connectivity index (χ4v) is 1.79. The Hall–Kier alpha value is -2.86. The molecule has 0 atom stereocenters. The SMILES string of the molecule is CCOC(=O)c1cc(=O)[nH]c(=S)[nH]1.O=C(O)c1cc(=O)[nH]c(=S)[nH]1. The Balaban J connectivity index is 0.000000243. The molecule has 12 heteroatoms. The van der Waals surface area contributed by atoms with Gasteiger partial charge in [0, 0.05) is 12.1 Å². The van der Waals surface area contributed by atoms with Crippen molar-refractivity contribution in [3.05, 3.63) is 53.8 Å². The first-order valence-corrected chi connectivity index (χ1v) is 7.12. The van der Waals surface area contributed by atoms with Crippen molar-refractivity contribution in [2.75, 3.05) is 6.61 Å². The predicted molar refractivity (Wildman–Crippen MR) is 87.4 cm³/mol. The molecule has 0 aliphatic carbocycles. The van der Waals surface area contributed by atoms with Gasteiger partial charge in [0.25, 0.3) is 11.1 Å². The van der Waals surface area contributed by atoms with Gasteiger partial charge in [-0.05, 0) is 31.4 Å². The lowest BCUT2D eigenvalue weighted by Gasteiger charge is -1.99. The normalized spacial score (nSPS) is 9.54. The number of aromatic carboxylic acids is 1. The van der Waals surface area contributed by atoms with Crippen molar-refractivity contribution in [2.45, 2.75) is 6.92 Å². The molecule has 0 saturated heterocycles. The van der Waals surface area contributed by atoms with Gasteiger partial charge in [0.2, 0.25) is 0 Å². The molecule has 0 spiro atoms. The van der Waals surface area contributed by atoms with Gasteiger partial charge in [-0.25, -0.2) is 9.59 Å². The third-order valence-corrected chi connectivity index (χ3v) is 2.65. The van der Waals surface area contributed by atoms with Crippen LogP contribution in [0.3, 0.4) is 0 Å². The lowest BCUT2D eigenvalue weighted by atomic mass is 10.4. The molecular weight excluding hydrogens is 360 g/mol. The second-order valence-electron chi connectivity index (χ2n) is 4.03. The molecule has 0 bridgehead atoms. The fraction of sp³-hybridized carbons (Fsp3) is 0.167. The molecule has 0 aliphatic heterocycles. The zero-order valence-electron chi connectivity index (χ0n) is 12.2. The van der Waals surface area contributed by atoms with Crippen LogP contribution in [-0.4, -0.2) is 43.6 Å². The van der Waals surface area contributed by atoms with Gasteiger partial charge in [0.1, 0.15) is 11.4 Å². The van der Waals surface area contributed by atoms with E-state index >= 15 is 0 Å². The number of hydrogen-bond donors (Lipinski definition) is 5. The fourth-order valence-electron chi connectivity index (χ4n) is 1.37. The van der Waals surface area contributed by atoms with E-state index in [1.807, 2.05) is 0 Å². The van der Waals surface area contributed by atoms with Crippen LogP contribution >= 0.6 is 24.4 Å². The maximum absolute atomic E-state index is 11.1. The molecule has 0 fully saturated rings. The minimum absolute atomic E-state index is 0.00917. The summed E-state index contributed by atoms with van der Waals surface area (Å²) in [6.45, 7) is 1.94. The predicted octanol–water partition coefficient (Wildman–Crippen LogP) is 0.740. The van der Waals surface area contributed by atoms with Gasteiger partial charge >= 0.3 is 11.9 Å². The van der Waals surface area contributed by atoms with Crippen molar-refractivity contribution in [3.8, 4) is 0 Å². The summed E-state index contributed by atoms with van der Waals surface area (Å²) in [6.07, 6.45) is 0. The molecule has 24 heavy (non-hydrogen) atoms. The van der Waals surface area contributed by atoms with Crippen LogP contribution in [-0.2, 0) is 4.74 Å². The number of carbonyl (C=O) groups excluding carboxylic acids is 1. The second kappa shape index (κ2) is 8.69. The van der Waals surface area contributed by atoms with Crippen molar-refractivity contribution >= 4 is 36.4 Å². The summed E-state index contributed by atoms with van der Waals surface area (Å²) in [5.41, 5.74) is -1.09. The summed E-state index contributed by atoms with van der Waals surface area (Å²) < 4.78 is 4.78. The lowest BCUT2D eigenvalue weighted by Crippen LogP contribution is -2.14. The van der Waals surface area contributed by atoms with Gasteiger partial charge in [0.05, 0.1) is 6.61 Å². The van der Waals surface area contributed by atoms with Crippen LogP contribution in [0, 0.1) is 9.54 Å². The van der Waals surface area contributed by atoms with E-state index in [2.05, 4.69) is 49.1 Å². The Morgan fingerprint density at radius 1 is 1.00 bits per heavy atom. The molecule has 0 aliphatic rings. The highest BCUT2D eigenvalue weighted by Gasteiger charge is 2.06. The molecule has 2 heterocycles. The number of carbonyl (C=O) groups is 2. The molecule has 5 N–H and O–H groups in total. The third-order valence-electron chi connectivity index (χ3n) is 2.25. The minimum atomic E-state index is -1.21. The van der Waals surface area contributed by atoms with Gasteiger partial charge in [-0.1, -0.05) is 0 Å². The average molecular weight is 372 g/mol. The first kappa shape index (κ1) is 19.2. The van der Waals surface area contributed by atoms with E-state index in [9.17, 15) is 19.2 Å². The molecule has 2 rings (SSSR count). The molecule has 2 aromatic rings. The Kier molecular flexibility index (Phi) is 6.95. The zero-order chi connectivity index (χ0) is 18.3. The number of carboxylic acid groups (broad SMARTS) is 1. The highest BCUT2D eigenvalue weighted by Crippen LogP contribution is 1.92. The average Bonchev–Trinajstić information content (AvgIpc) is 2.46. The van der Waals surface area contributed by atoms with Gasteiger partial charge in [-0.3, -0.25) is 19.6 Å². The lowest BCUT2D eigenvalue weighted by molar-refractivity contribution is 0.0518. The number of H-pyrrole nitrogens is 4. The van der Waals surface area contributed by atoms with Crippen LogP contribution in [0.2, 0.25) is 0 Å². The van der Waals surface area contributed by atoms with Crippen molar-refractivity contribution in [3.63, 3.8) is 0 Å². The number of hydrogen-bond acceptors (Lipinski definition) is 7. The molecule has 10 nitrogen and oxygen atoms in total. The van der Waals surface area contributed by atoms with E-state index in [1.165, 1.54) is 0 Å². The molecule has 0 unspecified atom stereocenters. The number of ether oxygens (including phenoxy) is 1. The summed E-state index contributed by atoms with van der Waals surface area (Å²) >= 11 is 9.20. The summed E-state index contributed by atoms with van der Waals surface area (Å²) in [6, 6.07) is 2.03. The molecule has 0 saturated carbocycles. The molecular formula is C12H12N4O6S2. The van der Waals surface area contributed by atoms with Crippen molar-refractivity contribution in [2.24, 2.45) is 0 Å². The van der Waals surface area contributed by atoms with Crippen molar-refractivity contribution < 1.29 is 19.4 Å².